The van der Waals surface area contributed by atoms with Crippen LogP contribution >= 0.6 is 0 Å². The van der Waals surface area contributed by atoms with E-state index in [2.05, 4.69) is 10.2 Å². The molecule has 1 heterocycles. The van der Waals surface area contributed by atoms with Crippen LogP contribution < -0.4 is 5.32 Å². The number of nitrogens with zero attached hydrogens (tertiary/aromatic N) is 1. The second-order valence-corrected chi connectivity index (χ2v) is 3.41. The zero-order valence-corrected chi connectivity index (χ0v) is 8.37. The lowest BCUT2D eigenvalue weighted by Crippen LogP contribution is -2.32. The second kappa shape index (κ2) is 6.56. The Morgan fingerprint density at radius 3 is 2.71 bits per heavy atom. The summed E-state index contributed by atoms with van der Waals surface area (Å²) in [4.78, 5) is 13.4. The molecule has 0 aromatic heterocycles. The molecule has 4 heteroatoms. The van der Waals surface area contributed by atoms with Crippen LogP contribution in [0.4, 0.5) is 0 Å². The van der Waals surface area contributed by atoms with Crippen molar-refractivity contribution in [3.63, 3.8) is 0 Å². The first-order valence-electron chi connectivity index (χ1n) is 5.08. The molecule has 1 amide bonds. The lowest BCUT2D eigenvalue weighted by atomic mass is 10.4. The lowest BCUT2D eigenvalue weighted by molar-refractivity contribution is -0.116. The van der Waals surface area contributed by atoms with Gasteiger partial charge in [0.1, 0.15) is 6.61 Å². The van der Waals surface area contributed by atoms with Gasteiger partial charge in [0.05, 0.1) is 0 Å². The Hall–Kier alpha value is -0.870. The molecule has 4 nitrogen and oxygen atoms in total. The van der Waals surface area contributed by atoms with Gasteiger partial charge in [0.25, 0.3) is 0 Å². The van der Waals surface area contributed by atoms with Crippen LogP contribution in [0.3, 0.4) is 0 Å². The highest BCUT2D eigenvalue weighted by Crippen LogP contribution is 2.05. The van der Waals surface area contributed by atoms with Crippen molar-refractivity contribution in [3.8, 4) is 0 Å². The number of hydrogen-bond acceptors (Lipinski definition) is 2. The van der Waals surface area contributed by atoms with Crippen molar-refractivity contribution >= 4 is 5.91 Å². The van der Waals surface area contributed by atoms with E-state index in [1.54, 1.807) is 0 Å². The number of nitrogens with one attached hydrogen (secondary N) is 1. The highest BCUT2D eigenvalue weighted by Gasteiger charge is 2.10. The summed E-state index contributed by atoms with van der Waals surface area (Å²) < 4.78 is 0. The minimum absolute atomic E-state index is 0.167. The summed E-state index contributed by atoms with van der Waals surface area (Å²) in [6, 6.07) is 0. The molecule has 0 unspecified atom stereocenters. The molecule has 1 aliphatic heterocycles. The van der Waals surface area contributed by atoms with Crippen molar-refractivity contribution in [1.29, 1.82) is 0 Å². The Bertz CT molecular complexity index is 198. The maximum absolute atomic E-state index is 11.0. The summed E-state index contributed by atoms with van der Waals surface area (Å²) >= 11 is 0. The summed E-state index contributed by atoms with van der Waals surface area (Å²) in [5, 5.41) is 12.8. The number of carbonyl (C=O) groups is 1. The van der Waals surface area contributed by atoms with Crippen molar-refractivity contribution in [2.75, 3.05) is 32.8 Å². The number of carbonyl (C=O) groups excluding carboxylic acids is 1. The van der Waals surface area contributed by atoms with Crippen LogP contribution in [0.5, 0.6) is 0 Å². The first kappa shape index (κ1) is 11.2. The average Bonchev–Trinajstić information content (AvgIpc) is 2.67. The molecule has 0 spiro atoms. The summed E-state index contributed by atoms with van der Waals surface area (Å²) in [6.45, 7) is 3.54. The van der Waals surface area contributed by atoms with Gasteiger partial charge in [-0.1, -0.05) is 6.08 Å². The minimum Gasteiger partial charge on any atom is -0.351 e. The predicted octanol–water partition coefficient (Wildman–Crippen LogP) is 0.185. The molecule has 1 N–H and O–H groups in total. The van der Waals surface area contributed by atoms with Gasteiger partial charge in [0.2, 0.25) is 5.91 Å². The fraction of sp³-hybridized carbons (Fsp3) is 0.700. The van der Waals surface area contributed by atoms with Crippen LogP contribution in [-0.4, -0.2) is 43.6 Å². The van der Waals surface area contributed by atoms with Gasteiger partial charge in [-0.15, -0.1) is 0 Å². The molecule has 14 heavy (non-hydrogen) atoms. The van der Waals surface area contributed by atoms with Crippen molar-refractivity contribution in [1.82, 2.24) is 10.2 Å². The molecule has 1 saturated heterocycles. The third-order valence-corrected chi connectivity index (χ3v) is 2.29. The third-order valence-electron chi connectivity index (χ3n) is 2.29. The first-order chi connectivity index (χ1) is 6.83. The average molecular weight is 197 g/mol. The minimum atomic E-state index is -0.334. The van der Waals surface area contributed by atoms with Crippen LogP contribution in [0.2, 0.25) is 0 Å². The second-order valence-electron chi connectivity index (χ2n) is 3.41. The van der Waals surface area contributed by atoms with Gasteiger partial charge in [0.15, 0.2) is 0 Å². The van der Waals surface area contributed by atoms with E-state index in [1.165, 1.54) is 25.0 Å². The predicted molar refractivity (Wildman–Crippen MR) is 53.4 cm³/mol. The van der Waals surface area contributed by atoms with E-state index in [1.807, 2.05) is 0 Å². The van der Waals surface area contributed by atoms with Gasteiger partial charge >= 0.3 is 0 Å². The van der Waals surface area contributed by atoms with E-state index in [4.69, 9.17) is 0 Å². The topological polar surface area (TPSA) is 52.2 Å². The van der Waals surface area contributed by atoms with Crippen LogP contribution in [-0.2, 0) is 9.90 Å². The van der Waals surface area contributed by atoms with Crippen molar-refractivity contribution in [2.24, 2.45) is 0 Å². The molecule has 0 bridgehead atoms. The highest BCUT2D eigenvalue weighted by atomic mass is 16.2. The molecule has 1 rings (SSSR count). The van der Waals surface area contributed by atoms with Gasteiger partial charge in [0, 0.05) is 19.2 Å². The fourth-order valence-electron chi connectivity index (χ4n) is 1.56. The number of amides is 1. The number of likely N-dealkylation sites (tertiary alicyclic amines) is 1. The zero-order valence-electron chi connectivity index (χ0n) is 8.37. The largest absolute Gasteiger partial charge is 0.351 e. The maximum atomic E-state index is 11.0. The van der Waals surface area contributed by atoms with Gasteiger partial charge in [-0.2, -0.15) is 0 Å². The molecule has 1 fully saturated rings. The molecule has 79 valence electrons. The van der Waals surface area contributed by atoms with Gasteiger partial charge in [-0.05, 0) is 25.9 Å². The smallest absolute Gasteiger partial charge is 0.243 e. The van der Waals surface area contributed by atoms with Gasteiger partial charge < -0.3 is 10.2 Å². The Morgan fingerprint density at radius 1 is 1.36 bits per heavy atom. The third kappa shape index (κ3) is 4.39. The summed E-state index contributed by atoms with van der Waals surface area (Å²) in [6.07, 6.45) is 5.16. The van der Waals surface area contributed by atoms with Crippen LogP contribution in [0, 0.1) is 0 Å². The fourth-order valence-corrected chi connectivity index (χ4v) is 1.56. The maximum Gasteiger partial charge on any atom is 0.243 e. The van der Waals surface area contributed by atoms with Crippen LogP contribution in [0.1, 0.15) is 12.8 Å². The molecule has 1 aliphatic rings. The Labute approximate surface area is 84.6 Å². The molecule has 1 radical (unpaired) electrons. The van der Waals surface area contributed by atoms with Crippen LogP contribution in [0.15, 0.2) is 12.2 Å². The van der Waals surface area contributed by atoms with E-state index >= 15 is 0 Å². The van der Waals surface area contributed by atoms with E-state index in [0.717, 1.165) is 19.6 Å². The summed E-state index contributed by atoms with van der Waals surface area (Å²) in [7, 11) is 0. The Balaban J connectivity index is 2.02. The van der Waals surface area contributed by atoms with E-state index in [-0.39, 0.29) is 12.5 Å². The Morgan fingerprint density at radius 2 is 2.07 bits per heavy atom. The lowest BCUT2D eigenvalue weighted by Gasteiger charge is -2.13. The quantitative estimate of drug-likeness (QED) is 0.639. The molecule has 0 aromatic carbocycles. The normalized spacial score (nSPS) is 17.8. The Kier molecular flexibility index (Phi) is 5.25. The van der Waals surface area contributed by atoms with Crippen molar-refractivity contribution in [2.45, 2.75) is 12.8 Å². The molecular formula is C10H17N2O2. The summed E-state index contributed by atoms with van der Waals surface area (Å²) in [5.41, 5.74) is 0. The molecular weight excluding hydrogens is 180 g/mol. The van der Waals surface area contributed by atoms with E-state index in [0.29, 0.717) is 6.54 Å². The van der Waals surface area contributed by atoms with E-state index < -0.39 is 0 Å². The summed E-state index contributed by atoms with van der Waals surface area (Å²) in [5.74, 6) is -0.167. The molecule has 0 aliphatic carbocycles. The highest BCUT2D eigenvalue weighted by molar-refractivity contribution is 5.87. The molecule has 0 aromatic rings. The monoisotopic (exact) mass is 197 g/mol. The number of hydrogen-bond donors (Lipinski definition) is 1. The first-order valence-corrected chi connectivity index (χ1v) is 5.08. The standard InChI is InChI=1S/C10H17N2O2/c13-9-3-4-10(14)11-5-8-12-6-1-2-7-12/h3-4H,1-2,5-9H2,(H,11,14)/b4-3+. The van der Waals surface area contributed by atoms with Crippen molar-refractivity contribution < 1.29 is 9.90 Å². The zero-order chi connectivity index (χ0) is 10.2. The number of rotatable bonds is 5. The van der Waals surface area contributed by atoms with Crippen molar-refractivity contribution in [3.05, 3.63) is 12.2 Å². The SMILES string of the molecule is [O]C/C=C/C(=O)NCCN1CCCC1. The van der Waals surface area contributed by atoms with E-state index in [9.17, 15) is 9.90 Å². The van der Waals surface area contributed by atoms with Gasteiger partial charge in [-0.3, -0.25) is 4.79 Å². The van der Waals surface area contributed by atoms with Gasteiger partial charge in [-0.25, -0.2) is 5.11 Å². The van der Waals surface area contributed by atoms with Crippen LogP contribution in [0.25, 0.3) is 0 Å². The molecule has 0 atom stereocenters. The molecule has 0 saturated carbocycles.